The fraction of sp³-hybridized carbons (Fsp3) is 0.591. The first-order valence-electron chi connectivity index (χ1n) is 10.4. The van der Waals surface area contributed by atoms with Gasteiger partial charge in [-0.1, -0.05) is 44.9 Å². The lowest BCUT2D eigenvalue weighted by molar-refractivity contribution is -0.151. The van der Waals surface area contributed by atoms with E-state index in [0.717, 1.165) is 55.3 Å². The minimum atomic E-state index is -0.463. The van der Waals surface area contributed by atoms with Gasteiger partial charge in [0.15, 0.2) is 6.61 Å². The molecule has 0 radical (unpaired) electrons. The van der Waals surface area contributed by atoms with Crippen molar-refractivity contribution in [3.05, 3.63) is 29.3 Å². The quantitative estimate of drug-likeness (QED) is 0.731. The van der Waals surface area contributed by atoms with Gasteiger partial charge in [-0.2, -0.15) is 0 Å². The molecule has 2 fully saturated rings. The number of nitrogens with one attached hydrogen (secondary N) is 1. The topological polar surface area (TPSA) is 75.7 Å². The summed E-state index contributed by atoms with van der Waals surface area (Å²) in [5.41, 5.74) is 2.94. The monoisotopic (exact) mass is 386 g/mol. The van der Waals surface area contributed by atoms with Crippen LogP contribution in [0.4, 0.5) is 5.69 Å². The van der Waals surface area contributed by atoms with Gasteiger partial charge in [0.2, 0.25) is 5.91 Å². The summed E-state index contributed by atoms with van der Waals surface area (Å²) in [4.78, 5) is 38.8. The Morgan fingerprint density at radius 3 is 2.39 bits per heavy atom. The van der Waals surface area contributed by atoms with Gasteiger partial charge in [-0.25, -0.2) is 0 Å². The number of carbonyl (C=O) groups is 3. The lowest BCUT2D eigenvalue weighted by Crippen LogP contribution is -2.35. The van der Waals surface area contributed by atoms with Crippen LogP contribution in [0.2, 0.25) is 0 Å². The number of esters is 1. The van der Waals surface area contributed by atoms with Crippen molar-refractivity contribution in [2.24, 2.45) is 5.92 Å². The van der Waals surface area contributed by atoms with Gasteiger partial charge >= 0.3 is 5.97 Å². The van der Waals surface area contributed by atoms with Crippen molar-refractivity contribution < 1.29 is 19.1 Å². The SMILES string of the molecule is CCc1cccc(CC)c1NC(=O)COC(=O)[C@@H]1CC(=O)N(C2CCCC2)C1. The zero-order chi connectivity index (χ0) is 20.1. The highest BCUT2D eigenvalue weighted by molar-refractivity contribution is 5.95. The van der Waals surface area contributed by atoms with E-state index >= 15 is 0 Å². The van der Waals surface area contributed by atoms with E-state index in [0.29, 0.717) is 6.54 Å². The zero-order valence-electron chi connectivity index (χ0n) is 16.8. The normalized spacial score (nSPS) is 19.9. The molecule has 1 atom stereocenters. The Kier molecular flexibility index (Phi) is 6.70. The Balaban J connectivity index is 1.52. The molecule has 1 aromatic carbocycles. The molecule has 2 amide bonds. The average molecular weight is 386 g/mol. The summed E-state index contributed by atoms with van der Waals surface area (Å²) in [6.45, 7) is 4.17. The number of carbonyl (C=O) groups excluding carboxylic acids is 3. The minimum Gasteiger partial charge on any atom is -0.455 e. The average Bonchev–Trinajstić information content (AvgIpc) is 3.35. The summed E-state index contributed by atoms with van der Waals surface area (Å²) in [7, 11) is 0. The zero-order valence-corrected chi connectivity index (χ0v) is 16.8. The van der Waals surface area contributed by atoms with Gasteiger partial charge in [0.05, 0.1) is 5.92 Å². The Hall–Kier alpha value is -2.37. The van der Waals surface area contributed by atoms with Gasteiger partial charge in [0.25, 0.3) is 5.91 Å². The number of anilines is 1. The van der Waals surface area contributed by atoms with Crippen molar-refractivity contribution in [1.82, 2.24) is 4.90 Å². The molecule has 2 aliphatic rings. The standard InChI is InChI=1S/C22H30N2O4/c1-3-15-8-7-9-16(4-2)21(15)23-19(25)14-28-22(27)17-12-20(26)24(13-17)18-10-5-6-11-18/h7-9,17-18H,3-6,10-14H2,1-2H3,(H,23,25)/t17-/m1/s1. The van der Waals surface area contributed by atoms with E-state index in [4.69, 9.17) is 4.74 Å². The maximum Gasteiger partial charge on any atom is 0.311 e. The molecule has 0 unspecified atom stereocenters. The molecule has 1 aliphatic heterocycles. The van der Waals surface area contributed by atoms with Gasteiger partial charge < -0.3 is 15.0 Å². The van der Waals surface area contributed by atoms with Crippen molar-refractivity contribution in [3.63, 3.8) is 0 Å². The second-order valence-electron chi connectivity index (χ2n) is 7.70. The number of hydrogen-bond acceptors (Lipinski definition) is 4. The fourth-order valence-corrected chi connectivity index (χ4v) is 4.29. The van der Waals surface area contributed by atoms with E-state index in [-0.39, 0.29) is 30.9 Å². The van der Waals surface area contributed by atoms with E-state index in [1.807, 2.05) is 36.9 Å². The van der Waals surface area contributed by atoms with Crippen LogP contribution in [0.5, 0.6) is 0 Å². The molecular formula is C22H30N2O4. The Bertz CT molecular complexity index is 718. The van der Waals surface area contributed by atoms with Crippen LogP contribution in [0, 0.1) is 5.92 Å². The first-order chi connectivity index (χ1) is 13.5. The predicted octanol–water partition coefficient (Wildman–Crippen LogP) is 3.08. The fourth-order valence-electron chi connectivity index (χ4n) is 4.29. The largest absolute Gasteiger partial charge is 0.455 e. The molecule has 1 saturated heterocycles. The first kappa shape index (κ1) is 20.4. The predicted molar refractivity (Wildman–Crippen MR) is 107 cm³/mol. The Morgan fingerprint density at radius 1 is 1.14 bits per heavy atom. The van der Waals surface area contributed by atoms with Crippen LogP contribution in [0.3, 0.4) is 0 Å². The summed E-state index contributed by atoms with van der Waals surface area (Å²) in [5, 5.41) is 2.90. The Morgan fingerprint density at radius 2 is 1.79 bits per heavy atom. The second-order valence-corrected chi connectivity index (χ2v) is 7.70. The number of ether oxygens (including phenoxy) is 1. The van der Waals surface area contributed by atoms with E-state index in [2.05, 4.69) is 5.32 Å². The first-order valence-corrected chi connectivity index (χ1v) is 10.4. The molecule has 1 N–H and O–H groups in total. The summed E-state index contributed by atoms with van der Waals surface area (Å²) in [6, 6.07) is 6.23. The Labute approximate surface area is 166 Å². The molecule has 28 heavy (non-hydrogen) atoms. The van der Waals surface area contributed by atoms with Crippen LogP contribution >= 0.6 is 0 Å². The van der Waals surface area contributed by atoms with Gasteiger partial charge in [-0.3, -0.25) is 14.4 Å². The molecule has 0 spiro atoms. The van der Waals surface area contributed by atoms with Gasteiger partial charge in [0, 0.05) is 24.7 Å². The van der Waals surface area contributed by atoms with E-state index < -0.39 is 11.9 Å². The highest BCUT2D eigenvalue weighted by atomic mass is 16.5. The van der Waals surface area contributed by atoms with E-state index in [1.54, 1.807) is 0 Å². The second kappa shape index (κ2) is 9.22. The molecule has 6 heteroatoms. The molecule has 1 heterocycles. The summed E-state index contributed by atoms with van der Waals surface area (Å²) in [5.74, 6) is -1.23. The minimum absolute atomic E-state index is 0.0303. The van der Waals surface area contributed by atoms with Crippen LogP contribution < -0.4 is 5.32 Å². The number of nitrogens with zero attached hydrogens (tertiary/aromatic N) is 1. The number of likely N-dealkylation sites (tertiary alicyclic amines) is 1. The van der Waals surface area contributed by atoms with Gasteiger partial charge in [-0.15, -0.1) is 0 Å². The van der Waals surface area contributed by atoms with Crippen LogP contribution in [-0.2, 0) is 32.0 Å². The van der Waals surface area contributed by atoms with Crippen LogP contribution in [0.1, 0.15) is 57.1 Å². The third-order valence-electron chi connectivity index (χ3n) is 5.87. The van der Waals surface area contributed by atoms with Crippen molar-refractivity contribution in [2.45, 2.75) is 64.8 Å². The van der Waals surface area contributed by atoms with Crippen molar-refractivity contribution in [3.8, 4) is 0 Å². The third kappa shape index (κ3) is 4.54. The van der Waals surface area contributed by atoms with Crippen LogP contribution in [-0.4, -0.2) is 41.9 Å². The van der Waals surface area contributed by atoms with Crippen LogP contribution in [0.15, 0.2) is 18.2 Å². The third-order valence-corrected chi connectivity index (χ3v) is 5.87. The number of amides is 2. The highest BCUT2D eigenvalue weighted by Crippen LogP contribution is 2.30. The highest BCUT2D eigenvalue weighted by Gasteiger charge is 2.39. The van der Waals surface area contributed by atoms with E-state index in [1.165, 1.54) is 0 Å². The van der Waals surface area contributed by atoms with Crippen molar-refractivity contribution >= 4 is 23.5 Å². The number of benzene rings is 1. The maximum absolute atomic E-state index is 12.4. The molecular weight excluding hydrogens is 356 g/mol. The maximum atomic E-state index is 12.4. The molecule has 1 aliphatic carbocycles. The number of aryl methyl sites for hydroxylation is 2. The molecule has 1 saturated carbocycles. The lowest BCUT2D eigenvalue weighted by Gasteiger charge is -2.23. The van der Waals surface area contributed by atoms with Crippen LogP contribution in [0.25, 0.3) is 0 Å². The molecule has 152 valence electrons. The molecule has 3 rings (SSSR count). The van der Waals surface area contributed by atoms with Gasteiger partial charge in [0.1, 0.15) is 0 Å². The summed E-state index contributed by atoms with van der Waals surface area (Å²) < 4.78 is 5.24. The number of hydrogen-bond donors (Lipinski definition) is 1. The van der Waals surface area contributed by atoms with Gasteiger partial charge in [-0.05, 0) is 36.8 Å². The number of rotatable bonds is 7. The summed E-state index contributed by atoms with van der Waals surface area (Å²) >= 11 is 0. The molecule has 1 aromatic rings. The smallest absolute Gasteiger partial charge is 0.311 e. The van der Waals surface area contributed by atoms with Crippen molar-refractivity contribution in [1.29, 1.82) is 0 Å². The molecule has 0 aromatic heterocycles. The number of para-hydroxylation sites is 1. The molecule has 6 nitrogen and oxygen atoms in total. The molecule has 0 bridgehead atoms. The summed E-state index contributed by atoms with van der Waals surface area (Å²) in [6.07, 6.45) is 6.13. The lowest BCUT2D eigenvalue weighted by atomic mass is 10.0. The van der Waals surface area contributed by atoms with Crippen molar-refractivity contribution in [2.75, 3.05) is 18.5 Å². The van der Waals surface area contributed by atoms with E-state index in [9.17, 15) is 14.4 Å².